The summed E-state index contributed by atoms with van der Waals surface area (Å²) in [5, 5.41) is 26.3. The maximum absolute atomic E-state index is 12.0. The molecule has 2 N–H and O–H groups in total. The van der Waals surface area contributed by atoms with Crippen molar-refractivity contribution in [2.45, 2.75) is 6.04 Å². The van der Waals surface area contributed by atoms with Crippen molar-refractivity contribution in [2.75, 3.05) is 7.11 Å². The van der Waals surface area contributed by atoms with Crippen LogP contribution in [0.25, 0.3) is 10.9 Å². The van der Waals surface area contributed by atoms with E-state index in [9.17, 15) is 20.2 Å². The molecule has 1 unspecified atom stereocenters. The first-order chi connectivity index (χ1) is 15.9. The minimum Gasteiger partial charge on any atom is -0.497 e. The number of nitrogens with one attached hydrogen (secondary N) is 2. The van der Waals surface area contributed by atoms with Gasteiger partial charge in [0.1, 0.15) is 5.75 Å². The van der Waals surface area contributed by atoms with E-state index >= 15 is 0 Å². The third-order valence-electron chi connectivity index (χ3n) is 5.46. The Hall–Kier alpha value is -4.38. The molecule has 2 aromatic carbocycles. The molecule has 3 heterocycles. The van der Waals surface area contributed by atoms with E-state index in [-0.39, 0.29) is 11.5 Å². The fraction of sp³-hybridized carbons (Fsp3) is 0.0952. The van der Waals surface area contributed by atoms with Gasteiger partial charge < -0.3 is 9.72 Å². The molecule has 0 spiro atoms. The average Bonchev–Trinajstić information content (AvgIpc) is 3.42. The van der Waals surface area contributed by atoms with E-state index in [4.69, 9.17) is 16.3 Å². The van der Waals surface area contributed by atoms with Gasteiger partial charge in [0.15, 0.2) is 11.9 Å². The fourth-order valence-electron chi connectivity index (χ4n) is 3.93. The normalized spacial score (nSPS) is 17.4. The van der Waals surface area contributed by atoms with Crippen molar-refractivity contribution in [3.63, 3.8) is 0 Å². The summed E-state index contributed by atoms with van der Waals surface area (Å²) in [6, 6.07) is 11.0. The Kier molecular flexibility index (Phi) is 4.75. The Labute approximate surface area is 190 Å². The average molecular weight is 467 g/mol. The van der Waals surface area contributed by atoms with Crippen molar-refractivity contribution in [3.8, 4) is 5.75 Å². The quantitative estimate of drug-likeness (QED) is 0.431. The topological polar surface area (TPSA) is 139 Å². The Morgan fingerprint density at radius 3 is 2.55 bits per heavy atom. The summed E-state index contributed by atoms with van der Waals surface area (Å²) in [6.07, 6.45) is 2.61. The highest BCUT2D eigenvalue weighted by atomic mass is 35.5. The number of nitro groups is 2. The van der Waals surface area contributed by atoms with Crippen molar-refractivity contribution in [1.82, 2.24) is 15.4 Å². The SMILES string of the molecule is COc1ccc2[nH]cc(C3C([N+](=O)[O-])=CC([N+](=O)[O-])=C4N=C(c5ccc(Cl)cc5)NN43)c2c1. The van der Waals surface area contributed by atoms with Crippen LogP contribution in [0.3, 0.4) is 0 Å². The lowest BCUT2D eigenvalue weighted by molar-refractivity contribution is -0.445. The van der Waals surface area contributed by atoms with E-state index < -0.39 is 21.6 Å². The van der Waals surface area contributed by atoms with Gasteiger partial charge in [-0.25, -0.2) is 10.0 Å². The third-order valence-corrected chi connectivity index (χ3v) is 5.72. The minimum absolute atomic E-state index is 0.0298. The summed E-state index contributed by atoms with van der Waals surface area (Å²) in [6.45, 7) is 0. The van der Waals surface area contributed by atoms with Crippen molar-refractivity contribution < 1.29 is 14.6 Å². The lowest BCUT2D eigenvalue weighted by Crippen LogP contribution is -2.42. The highest BCUT2D eigenvalue weighted by Crippen LogP contribution is 2.42. The van der Waals surface area contributed by atoms with Crippen LogP contribution in [0.4, 0.5) is 0 Å². The molecule has 0 saturated heterocycles. The van der Waals surface area contributed by atoms with Crippen LogP contribution in [0.15, 0.2) is 76.9 Å². The molecule has 1 aromatic heterocycles. The molecule has 33 heavy (non-hydrogen) atoms. The van der Waals surface area contributed by atoms with Gasteiger partial charge in [-0.3, -0.25) is 25.7 Å². The first-order valence-corrected chi connectivity index (χ1v) is 10.1. The lowest BCUT2D eigenvalue weighted by atomic mass is 9.99. The van der Waals surface area contributed by atoms with Gasteiger partial charge in [0.05, 0.1) is 23.0 Å². The smallest absolute Gasteiger partial charge is 0.319 e. The predicted molar refractivity (Wildman–Crippen MR) is 120 cm³/mol. The fourth-order valence-corrected chi connectivity index (χ4v) is 4.06. The second kappa shape index (κ2) is 7.64. The molecule has 3 aromatic rings. The van der Waals surface area contributed by atoms with Gasteiger partial charge in [0, 0.05) is 33.2 Å². The van der Waals surface area contributed by atoms with Crippen LogP contribution in [-0.4, -0.2) is 32.8 Å². The van der Waals surface area contributed by atoms with Gasteiger partial charge in [-0.1, -0.05) is 11.6 Å². The number of halogens is 1. The molecule has 5 rings (SSSR count). The van der Waals surface area contributed by atoms with Gasteiger partial charge in [-0.05, 0) is 42.5 Å². The maximum atomic E-state index is 12.0. The van der Waals surface area contributed by atoms with Gasteiger partial charge in [0.25, 0.3) is 5.70 Å². The van der Waals surface area contributed by atoms with Crippen molar-refractivity contribution in [2.24, 2.45) is 4.99 Å². The summed E-state index contributed by atoms with van der Waals surface area (Å²) in [4.78, 5) is 30.0. The van der Waals surface area contributed by atoms with Crippen LogP contribution >= 0.6 is 11.6 Å². The number of amidine groups is 1. The van der Waals surface area contributed by atoms with Gasteiger partial charge in [-0.2, -0.15) is 0 Å². The van der Waals surface area contributed by atoms with Crippen molar-refractivity contribution >= 4 is 28.3 Å². The van der Waals surface area contributed by atoms with E-state index in [1.165, 1.54) is 12.1 Å². The van der Waals surface area contributed by atoms with Gasteiger partial charge >= 0.3 is 5.70 Å². The molecule has 0 fully saturated rings. The number of ether oxygens (including phenoxy) is 1. The zero-order valence-corrected chi connectivity index (χ0v) is 17.7. The molecule has 0 amide bonds. The van der Waals surface area contributed by atoms with Gasteiger partial charge in [0.2, 0.25) is 5.82 Å². The number of allylic oxidation sites excluding steroid dienone is 1. The van der Waals surface area contributed by atoms with Crippen LogP contribution in [0.1, 0.15) is 17.2 Å². The van der Waals surface area contributed by atoms with E-state index in [1.54, 1.807) is 48.7 Å². The Morgan fingerprint density at radius 1 is 1.12 bits per heavy atom. The number of rotatable bonds is 5. The first kappa shape index (κ1) is 20.5. The minimum atomic E-state index is -1.01. The molecule has 0 aliphatic carbocycles. The number of H-pyrrole nitrogens is 1. The van der Waals surface area contributed by atoms with E-state index in [2.05, 4.69) is 15.4 Å². The summed E-state index contributed by atoms with van der Waals surface area (Å²) < 4.78 is 5.30. The zero-order valence-electron chi connectivity index (χ0n) is 17.0. The molecule has 2 aliphatic heterocycles. The number of hydrogen-bond donors (Lipinski definition) is 2. The Balaban J connectivity index is 1.69. The second-order valence-electron chi connectivity index (χ2n) is 7.30. The monoisotopic (exact) mass is 466 g/mol. The molecule has 2 aliphatic rings. The van der Waals surface area contributed by atoms with Crippen LogP contribution in [-0.2, 0) is 0 Å². The first-order valence-electron chi connectivity index (χ1n) is 9.67. The molecule has 0 bridgehead atoms. The summed E-state index contributed by atoms with van der Waals surface area (Å²) in [5.41, 5.74) is 4.06. The summed E-state index contributed by atoms with van der Waals surface area (Å²) >= 11 is 5.96. The number of methoxy groups -OCH3 is 1. The Bertz CT molecular complexity index is 1410. The van der Waals surface area contributed by atoms with Gasteiger partial charge in [-0.15, -0.1) is 0 Å². The third kappa shape index (κ3) is 3.34. The molecule has 0 radical (unpaired) electrons. The van der Waals surface area contributed by atoms with Crippen LogP contribution in [0.5, 0.6) is 5.75 Å². The van der Waals surface area contributed by atoms with Crippen LogP contribution in [0.2, 0.25) is 5.02 Å². The highest BCUT2D eigenvalue weighted by molar-refractivity contribution is 6.30. The predicted octanol–water partition coefficient (Wildman–Crippen LogP) is 3.76. The Morgan fingerprint density at radius 2 is 1.88 bits per heavy atom. The van der Waals surface area contributed by atoms with Crippen molar-refractivity contribution in [3.05, 3.63) is 108 Å². The largest absolute Gasteiger partial charge is 0.497 e. The number of aromatic amines is 1. The number of aliphatic imine (C=N–C) groups is 1. The molecule has 1 atom stereocenters. The number of fused-ring (bicyclic) bond motifs is 2. The summed E-state index contributed by atoms with van der Waals surface area (Å²) in [7, 11) is 1.52. The molecule has 11 nitrogen and oxygen atoms in total. The lowest BCUT2D eigenvalue weighted by Gasteiger charge is -2.29. The number of nitrogens with zero attached hydrogens (tertiary/aromatic N) is 4. The van der Waals surface area contributed by atoms with E-state index in [0.29, 0.717) is 33.1 Å². The van der Waals surface area contributed by atoms with Crippen LogP contribution in [0, 0.1) is 20.2 Å². The number of aromatic nitrogens is 1. The molecule has 0 saturated carbocycles. The zero-order chi connectivity index (χ0) is 23.3. The molecular weight excluding hydrogens is 452 g/mol. The molecule has 166 valence electrons. The number of hydrazine groups is 1. The van der Waals surface area contributed by atoms with Crippen molar-refractivity contribution in [1.29, 1.82) is 0 Å². The number of hydrogen-bond acceptors (Lipinski definition) is 8. The number of benzene rings is 2. The standard InChI is InChI=1S/C21H15ClN6O5/c1-33-13-6-7-16-14(8-13)15(10-23-16)19-17(27(29)30)9-18(28(31)32)21-24-20(25-26(19)21)11-2-4-12(22)5-3-11/h2-10,19,23H,1H3,(H,24,25). The maximum Gasteiger partial charge on any atom is 0.319 e. The van der Waals surface area contributed by atoms with Crippen LogP contribution < -0.4 is 10.2 Å². The molecule has 12 heteroatoms. The molecular formula is C21H15ClN6O5. The highest BCUT2D eigenvalue weighted by Gasteiger charge is 2.46. The van der Waals surface area contributed by atoms with E-state index in [1.807, 2.05) is 0 Å². The summed E-state index contributed by atoms with van der Waals surface area (Å²) in [5.74, 6) is 0.847. The second-order valence-corrected chi connectivity index (χ2v) is 7.74. The van der Waals surface area contributed by atoms with E-state index in [0.717, 1.165) is 11.6 Å².